The van der Waals surface area contributed by atoms with E-state index in [1.807, 2.05) is 48.5 Å². The molecule has 0 unspecified atom stereocenters. The molecule has 7 nitrogen and oxygen atoms in total. The minimum Gasteiger partial charge on any atom is -0.385 e. The Hall–Kier alpha value is -3.06. The summed E-state index contributed by atoms with van der Waals surface area (Å²) in [7, 11) is 0. The highest BCUT2D eigenvalue weighted by molar-refractivity contribution is 6.00. The fraction of sp³-hybridized carbons (Fsp3) is 0.263. The van der Waals surface area contributed by atoms with Gasteiger partial charge in [0.25, 0.3) is 5.91 Å². The summed E-state index contributed by atoms with van der Waals surface area (Å²) >= 11 is 0. The fourth-order valence-corrected chi connectivity index (χ4v) is 3.43. The second-order valence-corrected chi connectivity index (χ2v) is 6.47. The number of hydrogen-bond acceptors (Lipinski definition) is 5. The molecule has 0 radical (unpaired) electrons. The predicted octanol–water partition coefficient (Wildman–Crippen LogP) is 1.99. The van der Waals surface area contributed by atoms with Crippen molar-refractivity contribution in [3.8, 4) is 11.4 Å². The van der Waals surface area contributed by atoms with E-state index in [2.05, 4.69) is 20.6 Å². The largest absolute Gasteiger partial charge is 0.385 e. The van der Waals surface area contributed by atoms with Crippen molar-refractivity contribution in [2.24, 2.45) is 0 Å². The Bertz CT molecular complexity index is 887. The molecule has 7 heteroatoms. The average Bonchev–Trinajstić information content (AvgIpc) is 3.23. The van der Waals surface area contributed by atoms with Gasteiger partial charge in [0, 0.05) is 18.7 Å². The molecule has 0 saturated carbocycles. The molecule has 2 aromatic carbocycles. The molecule has 2 N–H and O–H groups in total. The topological polar surface area (TPSA) is 95.0 Å². The molecule has 132 valence electrons. The number of likely N-dealkylation sites (tertiary alicyclic amines) is 1. The van der Waals surface area contributed by atoms with Crippen LogP contribution in [0.15, 0.2) is 54.6 Å². The van der Waals surface area contributed by atoms with Crippen molar-refractivity contribution < 1.29 is 9.90 Å². The first-order valence-electron chi connectivity index (χ1n) is 8.57. The molecule has 4 rings (SSSR count). The summed E-state index contributed by atoms with van der Waals surface area (Å²) in [4.78, 5) is 14.8. The number of amides is 1. The van der Waals surface area contributed by atoms with Crippen LogP contribution in [-0.4, -0.2) is 49.6 Å². The van der Waals surface area contributed by atoms with Gasteiger partial charge in [-0.15, -0.1) is 10.2 Å². The Labute approximate surface area is 150 Å². The summed E-state index contributed by atoms with van der Waals surface area (Å²) in [5, 5.41) is 24.9. The SMILES string of the molecule is O=C(c1ccccc1-c1nn[nH]n1)N1CCC(O)(c2ccccc2)CC1. The first-order valence-corrected chi connectivity index (χ1v) is 8.57. The number of H-pyrrole nitrogens is 1. The van der Waals surface area contributed by atoms with Gasteiger partial charge in [-0.25, -0.2) is 0 Å². The van der Waals surface area contributed by atoms with E-state index in [-0.39, 0.29) is 5.91 Å². The van der Waals surface area contributed by atoms with Crippen LogP contribution >= 0.6 is 0 Å². The standard InChI is InChI=1S/C19H19N5O2/c25-18(16-9-5-4-8-15(16)17-20-22-23-21-17)24-12-10-19(26,11-13-24)14-6-2-1-3-7-14/h1-9,26H,10-13H2,(H,20,21,22,23). The van der Waals surface area contributed by atoms with Gasteiger partial charge in [0.05, 0.1) is 11.2 Å². The van der Waals surface area contributed by atoms with Gasteiger partial charge in [0.15, 0.2) is 0 Å². The van der Waals surface area contributed by atoms with E-state index in [9.17, 15) is 9.90 Å². The molecule has 0 atom stereocenters. The number of tetrazole rings is 1. The molecular formula is C19H19N5O2. The van der Waals surface area contributed by atoms with Crippen molar-refractivity contribution in [1.29, 1.82) is 0 Å². The number of nitrogens with zero attached hydrogens (tertiary/aromatic N) is 4. The van der Waals surface area contributed by atoms with E-state index < -0.39 is 5.60 Å². The second kappa shape index (κ2) is 6.68. The maximum atomic E-state index is 13.0. The van der Waals surface area contributed by atoms with Crippen LogP contribution in [0.5, 0.6) is 0 Å². The van der Waals surface area contributed by atoms with Crippen LogP contribution in [-0.2, 0) is 5.60 Å². The minimum absolute atomic E-state index is 0.0829. The Balaban J connectivity index is 1.53. The van der Waals surface area contributed by atoms with Gasteiger partial charge in [-0.05, 0) is 29.7 Å². The number of carbonyl (C=O) groups is 1. The van der Waals surface area contributed by atoms with Gasteiger partial charge in [-0.2, -0.15) is 5.21 Å². The van der Waals surface area contributed by atoms with E-state index in [4.69, 9.17) is 0 Å². The summed E-state index contributed by atoms with van der Waals surface area (Å²) in [5.41, 5.74) is 1.21. The summed E-state index contributed by atoms with van der Waals surface area (Å²) in [6, 6.07) is 16.9. The molecule has 1 aliphatic rings. The molecule has 0 aliphatic carbocycles. The van der Waals surface area contributed by atoms with E-state index >= 15 is 0 Å². The van der Waals surface area contributed by atoms with Gasteiger partial charge in [-0.3, -0.25) is 4.79 Å². The third-order valence-corrected chi connectivity index (χ3v) is 4.93. The van der Waals surface area contributed by atoms with Crippen molar-refractivity contribution in [3.05, 3.63) is 65.7 Å². The number of benzene rings is 2. The van der Waals surface area contributed by atoms with Crippen LogP contribution < -0.4 is 0 Å². The molecule has 1 aromatic heterocycles. The predicted molar refractivity (Wildman–Crippen MR) is 95.1 cm³/mol. The number of aromatic amines is 1. The zero-order valence-electron chi connectivity index (χ0n) is 14.2. The molecule has 1 fully saturated rings. The number of rotatable bonds is 3. The monoisotopic (exact) mass is 349 g/mol. The van der Waals surface area contributed by atoms with Gasteiger partial charge in [0.1, 0.15) is 0 Å². The summed E-state index contributed by atoms with van der Waals surface area (Å²) in [6.45, 7) is 0.982. The van der Waals surface area contributed by atoms with E-state index in [0.717, 1.165) is 5.56 Å². The van der Waals surface area contributed by atoms with Crippen LogP contribution in [0.1, 0.15) is 28.8 Å². The zero-order valence-corrected chi connectivity index (χ0v) is 14.2. The highest BCUT2D eigenvalue weighted by atomic mass is 16.3. The van der Waals surface area contributed by atoms with Gasteiger partial charge >= 0.3 is 0 Å². The Morgan fingerprint density at radius 2 is 1.73 bits per heavy atom. The molecule has 26 heavy (non-hydrogen) atoms. The highest BCUT2D eigenvalue weighted by Gasteiger charge is 2.36. The summed E-state index contributed by atoms with van der Waals surface area (Å²) in [5.74, 6) is 0.312. The number of carbonyl (C=O) groups excluding carboxylic acids is 1. The Morgan fingerprint density at radius 3 is 2.42 bits per heavy atom. The van der Waals surface area contributed by atoms with Gasteiger partial charge in [0.2, 0.25) is 5.82 Å². The lowest BCUT2D eigenvalue weighted by Crippen LogP contribution is -2.45. The molecule has 3 aromatic rings. The summed E-state index contributed by atoms with van der Waals surface area (Å²) < 4.78 is 0. The van der Waals surface area contributed by atoms with Crippen molar-refractivity contribution in [2.75, 3.05) is 13.1 Å². The average molecular weight is 349 g/mol. The minimum atomic E-state index is -0.884. The lowest BCUT2D eigenvalue weighted by atomic mass is 9.84. The first kappa shape index (κ1) is 16.4. The smallest absolute Gasteiger partial charge is 0.254 e. The van der Waals surface area contributed by atoms with Crippen LogP contribution in [0.2, 0.25) is 0 Å². The Kier molecular flexibility index (Phi) is 4.22. The molecule has 0 bridgehead atoms. The van der Waals surface area contributed by atoms with Gasteiger partial charge < -0.3 is 10.0 Å². The number of aromatic nitrogens is 4. The number of nitrogens with one attached hydrogen (secondary N) is 1. The number of aliphatic hydroxyl groups is 1. The number of hydrogen-bond donors (Lipinski definition) is 2. The molecule has 1 amide bonds. The number of piperidine rings is 1. The van der Waals surface area contributed by atoms with Crippen molar-refractivity contribution >= 4 is 5.91 Å². The molecule has 2 heterocycles. The highest BCUT2D eigenvalue weighted by Crippen LogP contribution is 2.33. The maximum absolute atomic E-state index is 13.0. The Morgan fingerprint density at radius 1 is 1.04 bits per heavy atom. The first-order chi connectivity index (χ1) is 12.7. The van der Waals surface area contributed by atoms with E-state index in [1.54, 1.807) is 11.0 Å². The van der Waals surface area contributed by atoms with Crippen LogP contribution in [0.25, 0.3) is 11.4 Å². The molecule has 1 saturated heterocycles. The van der Waals surface area contributed by atoms with Crippen molar-refractivity contribution in [3.63, 3.8) is 0 Å². The molecule has 1 aliphatic heterocycles. The zero-order chi connectivity index (χ0) is 18.0. The maximum Gasteiger partial charge on any atom is 0.254 e. The molecule has 0 spiro atoms. The van der Waals surface area contributed by atoms with Crippen molar-refractivity contribution in [1.82, 2.24) is 25.5 Å². The normalized spacial score (nSPS) is 16.4. The second-order valence-electron chi connectivity index (χ2n) is 6.47. The van der Waals surface area contributed by atoms with Gasteiger partial charge in [-0.1, -0.05) is 48.5 Å². The lowest BCUT2D eigenvalue weighted by Gasteiger charge is -2.38. The van der Waals surface area contributed by atoms with Crippen molar-refractivity contribution in [2.45, 2.75) is 18.4 Å². The van der Waals surface area contributed by atoms with E-state index in [1.165, 1.54) is 0 Å². The van der Waals surface area contributed by atoms with E-state index in [0.29, 0.717) is 42.9 Å². The van der Waals surface area contributed by atoms with Crippen LogP contribution in [0.3, 0.4) is 0 Å². The fourth-order valence-electron chi connectivity index (χ4n) is 3.43. The quantitative estimate of drug-likeness (QED) is 0.754. The third kappa shape index (κ3) is 2.97. The third-order valence-electron chi connectivity index (χ3n) is 4.93. The lowest BCUT2D eigenvalue weighted by molar-refractivity contribution is -0.0211. The molecular weight excluding hydrogens is 330 g/mol. The van der Waals surface area contributed by atoms with Crippen LogP contribution in [0, 0.1) is 0 Å². The van der Waals surface area contributed by atoms with Crippen LogP contribution in [0.4, 0.5) is 0 Å². The summed E-state index contributed by atoms with van der Waals surface area (Å²) in [6.07, 6.45) is 1.01.